The van der Waals surface area contributed by atoms with E-state index in [9.17, 15) is 4.79 Å². The number of aryl methyl sites for hydroxylation is 1. The summed E-state index contributed by atoms with van der Waals surface area (Å²) in [6.45, 7) is 13.9. The summed E-state index contributed by atoms with van der Waals surface area (Å²) in [6, 6.07) is 0. The summed E-state index contributed by atoms with van der Waals surface area (Å²) in [5.41, 5.74) is 1.29. The minimum atomic E-state index is -0.0990. The fraction of sp³-hybridized carbons (Fsp3) is 0.722. The van der Waals surface area contributed by atoms with E-state index in [1.807, 2.05) is 6.92 Å². The zero-order valence-corrected chi connectivity index (χ0v) is 15.9. The Kier molecular flexibility index (Phi) is 6.76. The van der Waals surface area contributed by atoms with E-state index in [0.717, 1.165) is 77.2 Å². The molecule has 0 saturated carbocycles. The first-order chi connectivity index (χ1) is 12.7. The van der Waals surface area contributed by atoms with E-state index in [4.69, 9.17) is 4.74 Å². The van der Waals surface area contributed by atoms with Crippen LogP contribution in [0.25, 0.3) is 0 Å². The maximum Gasteiger partial charge on any atom is 0.254 e. The van der Waals surface area contributed by atoms with Crippen molar-refractivity contribution in [3.63, 3.8) is 0 Å². The predicted molar refractivity (Wildman–Crippen MR) is 101 cm³/mol. The van der Waals surface area contributed by atoms with Crippen molar-refractivity contribution in [2.75, 3.05) is 77.0 Å². The number of amides is 1. The molecule has 8 nitrogen and oxygen atoms in total. The lowest BCUT2D eigenvalue weighted by molar-refractivity contribution is 0.0383. The number of nitrogens with one attached hydrogen (secondary N) is 1. The van der Waals surface area contributed by atoms with Gasteiger partial charge in [-0.25, -0.2) is 9.97 Å². The van der Waals surface area contributed by atoms with Crippen LogP contribution in [0, 0.1) is 6.92 Å². The highest BCUT2D eigenvalue weighted by Crippen LogP contribution is 2.13. The van der Waals surface area contributed by atoms with Crippen molar-refractivity contribution in [2.45, 2.75) is 13.8 Å². The van der Waals surface area contributed by atoms with Crippen LogP contribution in [0.2, 0.25) is 0 Å². The monoisotopic (exact) mass is 362 g/mol. The van der Waals surface area contributed by atoms with Gasteiger partial charge in [-0.05, 0) is 13.5 Å². The number of nitrogens with zero attached hydrogens (tertiary/aromatic N) is 5. The van der Waals surface area contributed by atoms with E-state index >= 15 is 0 Å². The van der Waals surface area contributed by atoms with Gasteiger partial charge in [0.2, 0.25) is 5.95 Å². The number of aromatic nitrogens is 2. The molecular formula is C18H30N6O2. The maximum atomic E-state index is 12.4. The normalized spacial score (nSPS) is 19.5. The van der Waals surface area contributed by atoms with Gasteiger partial charge in [0.05, 0.1) is 24.5 Å². The number of hydrogen-bond acceptors (Lipinski definition) is 7. The summed E-state index contributed by atoms with van der Waals surface area (Å²) in [6.07, 6.45) is 1.66. The highest BCUT2D eigenvalue weighted by molar-refractivity contribution is 5.94. The van der Waals surface area contributed by atoms with Gasteiger partial charge in [-0.2, -0.15) is 0 Å². The predicted octanol–water partition coefficient (Wildman–Crippen LogP) is -0.0111. The number of carbonyl (C=O) groups is 1. The van der Waals surface area contributed by atoms with E-state index in [1.165, 1.54) is 0 Å². The maximum absolute atomic E-state index is 12.4. The van der Waals surface area contributed by atoms with Crippen LogP contribution in [-0.2, 0) is 4.74 Å². The van der Waals surface area contributed by atoms with Crippen LogP contribution in [0.1, 0.15) is 23.0 Å². The Labute approximate surface area is 155 Å². The van der Waals surface area contributed by atoms with Gasteiger partial charge in [-0.1, -0.05) is 6.92 Å². The van der Waals surface area contributed by atoms with Gasteiger partial charge in [-0.3, -0.25) is 9.69 Å². The van der Waals surface area contributed by atoms with Gasteiger partial charge in [0.25, 0.3) is 5.91 Å². The first kappa shape index (κ1) is 19.0. The van der Waals surface area contributed by atoms with Crippen LogP contribution in [0.5, 0.6) is 0 Å². The smallest absolute Gasteiger partial charge is 0.254 e. The molecule has 2 aliphatic heterocycles. The van der Waals surface area contributed by atoms with Gasteiger partial charge in [0, 0.05) is 58.6 Å². The van der Waals surface area contributed by atoms with Crippen LogP contribution >= 0.6 is 0 Å². The molecule has 0 unspecified atom stereocenters. The van der Waals surface area contributed by atoms with Crippen molar-refractivity contribution in [1.82, 2.24) is 25.1 Å². The van der Waals surface area contributed by atoms with Crippen molar-refractivity contribution in [3.8, 4) is 0 Å². The molecule has 0 bridgehead atoms. The summed E-state index contributed by atoms with van der Waals surface area (Å²) in [4.78, 5) is 28.3. The second-order valence-corrected chi connectivity index (χ2v) is 6.80. The summed E-state index contributed by atoms with van der Waals surface area (Å²) in [5.74, 6) is 0.626. The fourth-order valence-electron chi connectivity index (χ4n) is 3.34. The minimum absolute atomic E-state index is 0.0990. The molecule has 3 heterocycles. The number of rotatable bonds is 6. The third-order valence-corrected chi connectivity index (χ3v) is 5.13. The molecule has 0 atom stereocenters. The Morgan fingerprint density at radius 2 is 1.88 bits per heavy atom. The third-order valence-electron chi connectivity index (χ3n) is 5.13. The van der Waals surface area contributed by atoms with Crippen LogP contribution in [0.15, 0.2) is 6.20 Å². The van der Waals surface area contributed by atoms with Crippen LogP contribution < -0.4 is 10.2 Å². The number of hydrogen-bond donors (Lipinski definition) is 1. The van der Waals surface area contributed by atoms with Crippen LogP contribution in [0.3, 0.4) is 0 Å². The first-order valence-corrected chi connectivity index (χ1v) is 9.56. The largest absolute Gasteiger partial charge is 0.379 e. The number of likely N-dealkylation sites (N-methyl/N-ethyl adjacent to an activating group) is 1. The number of piperazine rings is 1. The lowest BCUT2D eigenvalue weighted by Crippen LogP contribution is -2.46. The zero-order chi connectivity index (χ0) is 18.4. The molecule has 1 N–H and O–H groups in total. The Morgan fingerprint density at radius 3 is 2.54 bits per heavy atom. The van der Waals surface area contributed by atoms with Crippen molar-refractivity contribution < 1.29 is 9.53 Å². The highest BCUT2D eigenvalue weighted by atomic mass is 16.5. The highest BCUT2D eigenvalue weighted by Gasteiger charge is 2.20. The first-order valence-electron chi connectivity index (χ1n) is 9.56. The van der Waals surface area contributed by atoms with Crippen molar-refractivity contribution in [2.24, 2.45) is 0 Å². The molecule has 2 saturated heterocycles. The average molecular weight is 362 g/mol. The Morgan fingerprint density at radius 1 is 1.15 bits per heavy atom. The average Bonchev–Trinajstić information content (AvgIpc) is 2.68. The molecule has 1 aromatic rings. The third kappa shape index (κ3) is 4.90. The second kappa shape index (κ2) is 9.25. The Balaban J connectivity index is 1.51. The second-order valence-electron chi connectivity index (χ2n) is 6.80. The molecule has 2 fully saturated rings. The number of carbonyl (C=O) groups excluding carboxylic acids is 1. The topological polar surface area (TPSA) is 73.8 Å². The lowest BCUT2D eigenvalue weighted by Gasteiger charge is -2.34. The van der Waals surface area contributed by atoms with Gasteiger partial charge >= 0.3 is 0 Å². The summed E-state index contributed by atoms with van der Waals surface area (Å²) in [7, 11) is 0. The van der Waals surface area contributed by atoms with Gasteiger partial charge < -0.3 is 19.9 Å². The molecule has 26 heavy (non-hydrogen) atoms. The Bertz CT molecular complexity index is 597. The summed E-state index contributed by atoms with van der Waals surface area (Å²) < 4.78 is 5.33. The van der Waals surface area contributed by atoms with Crippen LogP contribution in [0.4, 0.5) is 5.95 Å². The number of morpholine rings is 1. The van der Waals surface area contributed by atoms with E-state index in [-0.39, 0.29) is 5.91 Å². The lowest BCUT2D eigenvalue weighted by atomic mass is 10.2. The molecule has 1 aromatic heterocycles. The molecule has 0 spiro atoms. The standard InChI is InChI=1S/C18H30N6O2/c1-3-22-6-8-24(9-7-22)18-20-14-16(15(2)21-18)17(25)19-4-5-23-10-12-26-13-11-23/h14H,3-13H2,1-2H3,(H,19,25). The molecule has 8 heteroatoms. The number of anilines is 1. The molecule has 3 rings (SSSR count). The number of ether oxygens (including phenoxy) is 1. The fourth-order valence-corrected chi connectivity index (χ4v) is 3.34. The minimum Gasteiger partial charge on any atom is -0.379 e. The Hall–Kier alpha value is -1.77. The molecule has 1 amide bonds. The van der Waals surface area contributed by atoms with E-state index in [1.54, 1.807) is 6.20 Å². The molecule has 2 aliphatic rings. The molecule has 144 valence electrons. The van der Waals surface area contributed by atoms with Crippen molar-refractivity contribution in [3.05, 3.63) is 17.5 Å². The van der Waals surface area contributed by atoms with E-state index in [0.29, 0.717) is 12.1 Å². The van der Waals surface area contributed by atoms with E-state index in [2.05, 4.69) is 36.9 Å². The van der Waals surface area contributed by atoms with Gasteiger partial charge in [-0.15, -0.1) is 0 Å². The summed E-state index contributed by atoms with van der Waals surface area (Å²) in [5, 5.41) is 2.98. The molecule has 0 aromatic carbocycles. The zero-order valence-electron chi connectivity index (χ0n) is 15.9. The van der Waals surface area contributed by atoms with Crippen molar-refractivity contribution >= 4 is 11.9 Å². The molecular weight excluding hydrogens is 332 g/mol. The SMILES string of the molecule is CCN1CCN(c2ncc(C(=O)NCCN3CCOCC3)c(C)n2)CC1. The quantitative estimate of drug-likeness (QED) is 0.763. The van der Waals surface area contributed by atoms with Gasteiger partial charge in [0.15, 0.2) is 0 Å². The summed E-state index contributed by atoms with van der Waals surface area (Å²) >= 11 is 0. The van der Waals surface area contributed by atoms with Gasteiger partial charge in [0.1, 0.15) is 0 Å². The molecule has 0 radical (unpaired) electrons. The van der Waals surface area contributed by atoms with Crippen molar-refractivity contribution in [1.29, 1.82) is 0 Å². The van der Waals surface area contributed by atoms with E-state index < -0.39 is 0 Å². The molecule has 0 aliphatic carbocycles. The van der Waals surface area contributed by atoms with Crippen LogP contribution in [-0.4, -0.2) is 97.8 Å².